The molecule has 1 aromatic rings. The van der Waals surface area contributed by atoms with E-state index in [9.17, 15) is 9.59 Å². The summed E-state index contributed by atoms with van der Waals surface area (Å²) in [7, 11) is 0. The van der Waals surface area contributed by atoms with E-state index in [4.69, 9.17) is 4.42 Å². The fraction of sp³-hybridized carbons (Fsp3) is 0.571. The van der Waals surface area contributed by atoms with Crippen molar-refractivity contribution in [2.24, 2.45) is 0 Å². The molecular formula is C14H22N2O3. The van der Waals surface area contributed by atoms with Gasteiger partial charge in [-0.25, -0.2) is 0 Å². The fourth-order valence-corrected chi connectivity index (χ4v) is 1.69. The average Bonchev–Trinajstić information content (AvgIpc) is 2.68. The molecule has 1 unspecified atom stereocenters. The fourth-order valence-electron chi connectivity index (χ4n) is 1.69. The van der Waals surface area contributed by atoms with Gasteiger partial charge in [0.25, 0.3) is 5.91 Å². The van der Waals surface area contributed by atoms with Crippen molar-refractivity contribution < 1.29 is 14.0 Å². The van der Waals surface area contributed by atoms with Crippen LogP contribution >= 0.6 is 0 Å². The smallest absolute Gasteiger partial charge is 0.254 e. The van der Waals surface area contributed by atoms with E-state index in [1.807, 2.05) is 13.8 Å². The van der Waals surface area contributed by atoms with Gasteiger partial charge in [0.05, 0.1) is 5.56 Å². The third-order valence-electron chi connectivity index (χ3n) is 2.94. The average molecular weight is 266 g/mol. The summed E-state index contributed by atoms with van der Waals surface area (Å²) in [4.78, 5) is 23.4. The lowest BCUT2D eigenvalue weighted by atomic mass is 10.2. The van der Waals surface area contributed by atoms with Crippen LogP contribution in [0.5, 0.6) is 0 Å². The predicted molar refractivity (Wildman–Crippen MR) is 73.0 cm³/mol. The summed E-state index contributed by atoms with van der Waals surface area (Å²) in [5.74, 6) is 1.05. The minimum atomic E-state index is -0.203. The number of amides is 2. The predicted octanol–water partition coefficient (Wildman–Crippen LogP) is 1.93. The van der Waals surface area contributed by atoms with Crippen molar-refractivity contribution >= 4 is 11.8 Å². The van der Waals surface area contributed by atoms with Gasteiger partial charge < -0.3 is 15.1 Å². The summed E-state index contributed by atoms with van der Waals surface area (Å²) in [6.07, 6.45) is 1.18. The Kier molecular flexibility index (Phi) is 5.60. The Hall–Kier alpha value is -1.78. The molecule has 0 aromatic carbocycles. The molecule has 1 aromatic heterocycles. The summed E-state index contributed by atoms with van der Waals surface area (Å²) in [5, 5.41) is 5.57. The molecule has 19 heavy (non-hydrogen) atoms. The molecular weight excluding hydrogens is 244 g/mol. The molecule has 0 aliphatic rings. The molecule has 5 heteroatoms. The van der Waals surface area contributed by atoms with Crippen LogP contribution in [0.15, 0.2) is 10.5 Å². The third-order valence-corrected chi connectivity index (χ3v) is 2.94. The second kappa shape index (κ2) is 6.97. The number of hydrogen-bond donors (Lipinski definition) is 2. The van der Waals surface area contributed by atoms with E-state index >= 15 is 0 Å². The number of rotatable bonds is 6. The van der Waals surface area contributed by atoms with Crippen LogP contribution in [0.2, 0.25) is 0 Å². The Morgan fingerprint density at radius 2 is 2.05 bits per heavy atom. The van der Waals surface area contributed by atoms with Gasteiger partial charge in [0.2, 0.25) is 5.91 Å². The molecule has 2 N–H and O–H groups in total. The molecule has 1 heterocycles. The van der Waals surface area contributed by atoms with Gasteiger partial charge in [0.15, 0.2) is 0 Å². The largest absolute Gasteiger partial charge is 0.466 e. The van der Waals surface area contributed by atoms with Gasteiger partial charge in [-0.1, -0.05) is 6.92 Å². The molecule has 0 saturated heterocycles. The number of nitrogens with one attached hydrogen (secondary N) is 2. The van der Waals surface area contributed by atoms with E-state index in [0.29, 0.717) is 23.6 Å². The highest BCUT2D eigenvalue weighted by Gasteiger charge is 2.13. The molecule has 0 spiro atoms. The van der Waals surface area contributed by atoms with E-state index in [2.05, 4.69) is 10.6 Å². The second-order valence-electron chi connectivity index (χ2n) is 4.71. The number of carbonyl (C=O) groups is 2. The number of furan rings is 1. The van der Waals surface area contributed by atoms with Crippen LogP contribution in [-0.4, -0.2) is 24.4 Å². The van der Waals surface area contributed by atoms with E-state index in [-0.39, 0.29) is 24.3 Å². The van der Waals surface area contributed by atoms with Crippen LogP contribution in [0.3, 0.4) is 0 Å². The van der Waals surface area contributed by atoms with Gasteiger partial charge in [-0.05, 0) is 33.3 Å². The summed E-state index contributed by atoms with van der Waals surface area (Å²) in [6, 6.07) is 1.87. The summed E-state index contributed by atoms with van der Waals surface area (Å²) >= 11 is 0. The van der Waals surface area contributed by atoms with E-state index in [0.717, 1.165) is 6.42 Å². The zero-order chi connectivity index (χ0) is 14.4. The van der Waals surface area contributed by atoms with Crippen LogP contribution in [0.1, 0.15) is 48.6 Å². The monoisotopic (exact) mass is 266 g/mol. The van der Waals surface area contributed by atoms with Crippen LogP contribution in [-0.2, 0) is 4.79 Å². The van der Waals surface area contributed by atoms with E-state index in [1.165, 1.54) is 0 Å². The maximum atomic E-state index is 11.8. The molecule has 2 amide bonds. The molecule has 5 nitrogen and oxygen atoms in total. The summed E-state index contributed by atoms with van der Waals surface area (Å²) in [6.45, 7) is 7.83. The van der Waals surface area contributed by atoms with Crippen LogP contribution in [0, 0.1) is 13.8 Å². The molecule has 0 fully saturated rings. The maximum Gasteiger partial charge on any atom is 0.254 e. The van der Waals surface area contributed by atoms with Gasteiger partial charge in [-0.3, -0.25) is 9.59 Å². The molecule has 0 saturated carbocycles. The lowest BCUT2D eigenvalue weighted by Gasteiger charge is -2.11. The zero-order valence-electron chi connectivity index (χ0n) is 12.0. The molecule has 0 aliphatic carbocycles. The van der Waals surface area contributed by atoms with Crippen molar-refractivity contribution in [3.63, 3.8) is 0 Å². The van der Waals surface area contributed by atoms with Crippen LogP contribution in [0.4, 0.5) is 0 Å². The van der Waals surface area contributed by atoms with Crippen molar-refractivity contribution in [1.29, 1.82) is 0 Å². The quantitative estimate of drug-likeness (QED) is 0.826. The first-order valence-corrected chi connectivity index (χ1v) is 6.58. The molecule has 0 bridgehead atoms. The van der Waals surface area contributed by atoms with Gasteiger partial charge in [-0.2, -0.15) is 0 Å². The van der Waals surface area contributed by atoms with Crippen LogP contribution < -0.4 is 10.6 Å². The Morgan fingerprint density at radius 3 is 2.58 bits per heavy atom. The van der Waals surface area contributed by atoms with Crippen LogP contribution in [0.25, 0.3) is 0 Å². The molecule has 106 valence electrons. The van der Waals surface area contributed by atoms with Crippen molar-refractivity contribution in [1.82, 2.24) is 10.6 Å². The second-order valence-corrected chi connectivity index (χ2v) is 4.71. The highest BCUT2D eigenvalue weighted by Crippen LogP contribution is 2.13. The highest BCUT2D eigenvalue weighted by atomic mass is 16.3. The molecule has 1 rings (SSSR count). The van der Waals surface area contributed by atoms with Crippen molar-refractivity contribution in [3.8, 4) is 0 Å². The zero-order valence-corrected chi connectivity index (χ0v) is 12.0. The van der Waals surface area contributed by atoms with Gasteiger partial charge >= 0.3 is 0 Å². The lowest BCUT2D eigenvalue weighted by molar-refractivity contribution is -0.121. The summed E-state index contributed by atoms with van der Waals surface area (Å²) < 4.78 is 5.29. The summed E-state index contributed by atoms with van der Waals surface area (Å²) in [5.41, 5.74) is 0.528. The van der Waals surface area contributed by atoms with Crippen molar-refractivity contribution in [2.45, 2.75) is 46.6 Å². The first-order chi connectivity index (χ1) is 8.93. The molecule has 1 atom stereocenters. The van der Waals surface area contributed by atoms with Gasteiger partial charge in [-0.15, -0.1) is 0 Å². The lowest BCUT2D eigenvalue weighted by Crippen LogP contribution is -2.35. The minimum absolute atomic E-state index is 0.0465. The van der Waals surface area contributed by atoms with E-state index in [1.54, 1.807) is 19.9 Å². The topological polar surface area (TPSA) is 71.3 Å². The maximum absolute atomic E-state index is 11.8. The Labute approximate surface area is 113 Å². The Morgan fingerprint density at radius 1 is 1.37 bits per heavy atom. The first kappa shape index (κ1) is 15.3. The van der Waals surface area contributed by atoms with Crippen molar-refractivity contribution in [3.05, 3.63) is 23.2 Å². The number of carbonyl (C=O) groups excluding carboxylic acids is 2. The molecule has 0 radical (unpaired) electrons. The highest BCUT2D eigenvalue weighted by molar-refractivity contribution is 5.95. The Balaban J connectivity index is 2.35. The number of hydrogen-bond acceptors (Lipinski definition) is 3. The SMILES string of the molecule is CCC(C)NC(=O)CCNC(=O)c1cc(C)oc1C. The standard InChI is InChI=1S/C14H22N2O3/c1-5-9(2)16-13(17)6-7-15-14(18)12-8-10(3)19-11(12)4/h8-9H,5-7H2,1-4H3,(H,15,18)(H,16,17). The van der Waals surface area contributed by atoms with E-state index < -0.39 is 0 Å². The third kappa shape index (κ3) is 4.77. The van der Waals surface area contributed by atoms with Crippen molar-refractivity contribution in [2.75, 3.05) is 6.54 Å². The number of aryl methyl sites for hydroxylation is 2. The van der Waals surface area contributed by atoms with Gasteiger partial charge in [0, 0.05) is 19.0 Å². The Bertz CT molecular complexity index is 452. The van der Waals surface area contributed by atoms with Gasteiger partial charge in [0.1, 0.15) is 11.5 Å². The minimum Gasteiger partial charge on any atom is -0.466 e. The first-order valence-electron chi connectivity index (χ1n) is 6.58. The normalized spacial score (nSPS) is 12.0. The molecule has 0 aliphatic heterocycles.